The summed E-state index contributed by atoms with van der Waals surface area (Å²) in [7, 11) is 1.63. The van der Waals surface area contributed by atoms with Crippen LogP contribution >= 0.6 is 0 Å². The molecule has 0 fully saturated rings. The first-order valence-electron chi connectivity index (χ1n) is 6.64. The van der Waals surface area contributed by atoms with Crippen LogP contribution in [0.4, 0.5) is 0 Å². The van der Waals surface area contributed by atoms with Crippen molar-refractivity contribution in [1.29, 1.82) is 0 Å². The molecule has 1 aliphatic carbocycles. The minimum Gasteiger partial charge on any atom is -0.481 e. The van der Waals surface area contributed by atoms with Crippen LogP contribution in [-0.2, 0) is 19.4 Å². The summed E-state index contributed by atoms with van der Waals surface area (Å²) in [6.07, 6.45) is 4.12. The van der Waals surface area contributed by atoms with E-state index in [1.165, 1.54) is 16.7 Å². The fourth-order valence-corrected chi connectivity index (χ4v) is 2.60. The van der Waals surface area contributed by atoms with E-state index in [1.807, 2.05) is 12.3 Å². The largest absolute Gasteiger partial charge is 0.481 e. The van der Waals surface area contributed by atoms with E-state index in [0.717, 1.165) is 19.4 Å². The maximum atomic E-state index is 5.06. The highest BCUT2D eigenvalue weighted by Crippen LogP contribution is 2.21. The lowest BCUT2D eigenvalue weighted by molar-refractivity contribution is 0.397. The minimum atomic E-state index is 0.541. The molecule has 98 valence electrons. The monoisotopic (exact) mass is 254 g/mol. The van der Waals surface area contributed by atoms with Gasteiger partial charge in [0.1, 0.15) is 0 Å². The molecule has 0 amide bonds. The zero-order valence-corrected chi connectivity index (χ0v) is 11.1. The van der Waals surface area contributed by atoms with E-state index < -0.39 is 0 Å². The number of hydrogen-bond donors (Lipinski definition) is 1. The van der Waals surface area contributed by atoms with Crippen LogP contribution in [0.1, 0.15) is 16.7 Å². The van der Waals surface area contributed by atoms with Crippen LogP contribution < -0.4 is 10.1 Å². The summed E-state index contributed by atoms with van der Waals surface area (Å²) in [4.78, 5) is 4.22. The van der Waals surface area contributed by atoms with Crippen molar-refractivity contribution < 1.29 is 4.74 Å². The first-order chi connectivity index (χ1) is 9.35. The molecule has 1 aromatic heterocycles. The number of pyridine rings is 1. The van der Waals surface area contributed by atoms with Crippen LogP contribution in [0.5, 0.6) is 5.88 Å². The van der Waals surface area contributed by atoms with Crippen molar-refractivity contribution in [3.8, 4) is 5.88 Å². The molecule has 0 unspecified atom stereocenters. The van der Waals surface area contributed by atoms with Crippen molar-refractivity contribution in [1.82, 2.24) is 10.3 Å². The Balaban J connectivity index is 1.56. The van der Waals surface area contributed by atoms with Gasteiger partial charge in [0.05, 0.1) is 7.11 Å². The van der Waals surface area contributed by atoms with Gasteiger partial charge >= 0.3 is 0 Å². The molecule has 0 atom stereocenters. The summed E-state index contributed by atoms with van der Waals surface area (Å²) >= 11 is 0. The number of methoxy groups -OCH3 is 1. The van der Waals surface area contributed by atoms with Gasteiger partial charge in [0.15, 0.2) is 0 Å². The summed E-state index contributed by atoms with van der Waals surface area (Å²) in [5.41, 5.74) is 4.15. The third-order valence-electron chi connectivity index (χ3n) is 3.65. The molecule has 3 nitrogen and oxygen atoms in total. The molecule has 1 N–H and O–H groups in total. The van der Waals surface area contributed by atoms with Crippen molar-refractivity contribution in [3.63, 3.8) is 0 Å². The van der Waals surface area contributed by atoms with E-state index in [0.29, 0.717) is 11.9 Å². The van der Waals surface area contributed by atoms with Crippen LogP contribution in [-0.4, -0.2) is 18.1 Å². The Morgan fingerprint density at radius 1 is 1.16 bits per heavy atom. The van der Waals surface area contributed by atoms with E-state index in [9.17, 15) is 0 Å². The van der Waals surface area contributed by atoms with Crippen LogP contribution in [0.15, 0.2) is 42.6 Å². The normalized spacial score (nSPS) is 14.4. The van der Waals surface area contributed by atoms with Gasteiger partial charge in [-0.15, -0.1) is 0 Å². The van der Waals surface area contributed by atoms with E-state index >= 15 is 0 Å². The maximum absolute atomic E-state index is 5.06. The molecule has 2 aromatic rings. The molecule has 1 aromatic carbocycles. The molecule has 3 rings (SSSR count). The number of fused-ring (bicyclic) bond motifs is 1. The summed E-state index contributed by atoms with van der Waals surface area (Å²) in [5.74, 6) is 0.664. The molecule has 19 heavy (non-hydrogen) atoms. The Morgan fingerprint density at radius 2 is 1.89 bits per heavy atom. The molecule has 0 bridgehead atoms. The number of nitrogens with zero attached hydrogens (tertiary/aromatic N) is 1. The SMILES string of the molecule is COc1ccc(CNC2Cc3ccccc3C2)cn1. The average Bonchev–Trinajstić information content (AvgIpc) is 2.88. The van der Waals surface area contributed by atoms with Crippen LogP contribution in [0.2, 0.25) is 0 Å². The molecule has 0 spiro atoms. The molecule has 3 heteroatoms. The molecular formula is C16H18N2O. The summed E-state index contributed by atoms with van der Waals surface area (Å²) in [6, 6.07) is 13.2. The first-order valence-corrected chi connectivity index (χ1v) is 6.64. The fraction of sp³-hybridized carbons (Fsp3) is 0.312. The van der Waals surface area contributed by atoms with E-state index in [1.54, 1.807) is 7.11 Å². The second kappa shape index (κ2) is 5.41. The lowest BCUT2D eigenvalue weighted by Crippen LogP contribution is -2.28. The van der Waals surface area contributed by atoms with Gasteiger partial charge in [-0.25, -0.2) is 4.98 Å². The second-order valence-corrected chi connectivity index (χ2v) is 4.96. The Labute approximate surface area is 113 Å². The van der Waals surface area contributed by atoms with Crippen molar-refractivity contribution in [2.75, 3.05) is 7.11 Å². The first kappa shape index (κ1) is 12.2. The standard InChI is InChI=1S/C16H18N2O/c1-19-16-7-6-12(11-18-16)10-17-15-8-13-4-2-3-5-14(13)9-15/h2-7,11,15,17H,8-10H2,1H3. The third-order valence-corrected chi connectivity index (χ3v) is 3.65. The number of rotatable bonds is 4. The van der Waals surface area contributed by atoms with Gasteiger partial charge in [-0.1, -0.05) is 30.3 Å². The maximum Gasteiger partial charge on any atom is 0.212 e. The number of benzene rings is 1. The summed E-state index contributed by atoms with van der Waals surface area (Å²) in [6.45, 7) is 0.857. The molecule has 0 saturated heterocycles. The van der Waals surface area contributed by atoms with Gasteiger partial charge in [-0.2, -0.15) is 0 Å². The van der Waals surface area contributed by atoms with Crippen LogP contribution in [0.25, 0.3) is 0 Å². The quantitative estimate of drug-likeness (QED) is 0.909. The molecule has 0 aliphatic heterocycles. The molecule has 1 aliphatic rings. The number of nitrogens with one attached hydrogen (secondary N) is 1. The molecule has 1 heterocycles. The number of ether oxygens (including phenoxy) is 1. The molecular weight excluding hydrogens is 236 g/mol. The van der Waals surface area contributed by atoms with Gasteiger partial charge in [-0.3, -0.25) is 0 Å². The van der Waals surface area contributed by atoms with Crippen molar-refractivity contribution >= 4 is 0 Å². The van der Waals surface area contributed by atoms with Gasteiger partial charge in [0, 0.05) is 24.8 Å². The zero-order valence-electron chi connectivity index (χ0n) is 11.1. The van der Waals surface area contributed by atoms with Crippen molar-refractivity contribution in [2.24, 2.45) is 0 Å². The topological polar surface area (TPSA) is 34.1 Å². The van der Waals surface area contributed by atoms with Gasteiger partial charge < -0.3 is 10.1 Å². The van der Waals surface area contributed by atoms with Gasteiger partial charge in [-0.05, 0) is 29.5 Å². The Kier molecular flexibility index (Phi) is 3.47. The van der Waals surface area contributed by atoms with Crippen LogP contribution in [0, 0.1) is 0 Å². The lowest BCUT2D eigenvalue weighted by atomic mass is 10.1. The highest BCUT2D eigenvalue weighted by Gasteiger charge is 2.19. The van der Waals surface area contributed by atoms with E-state index in [4.69, 9.17) is 4.74 Å². The second-order valence-electron chi connectivity index (χ2n) is 4.96. The van der Waals surface area contributed by atoms with Gasteiger partial charge in [0.2, 0.25) is 5.88 Å². The van der Waals surface area contributed by atoms with Crippen molar-refractivity contribution in [3.05, 3.63) is 59.3 Å². The Hall–Kier alpha value is -1.87. The van der Waals surface area contributed by atoms with E-state index in [-0.39, 0.29) is 0 Å². The smallest absolute Gasteiger partial charge is 0.212 e. The Bertz CT molecular complexity index is 526. The average molecular weight is 254 g/mol. The van der Waals surface area contributed by atoms with Crippen molar-refractivity contribution in [2.45, 2.75) is 25.4 Å². The van der Waals surface area contributed by atoms with Crippen LogP contribution in [0.3, 0.4) is 0 Å². The molecule has 0 saturated carbocycles. The minimum absolute atomic E-state index is 0.541. The fourth-order valence-electron chi connectivity index (χ4n) is 2.60. The Morgan fingerprint density at radius 3 is 2.47 bits per heavy atom. The highest BCUT2D eigenvalue weighted by molar-refractivity contribution is 5.33. The molecule has 0 radical (unpaired) electrons. The third kappa shape index (κ3) is 2.76. The number of hydrogen-bond acceptors (Lipinski definition) is 3. The zero-order chi connectivity index (χ0) is 13.1. The highest BCUT2D eigenvalue weighted by atomic mass is 16.5. The van der Waals surface area contributed by atoms with Gasteiger partial charge in [0.25, 0.3) is 0 Å². The number of aromatic nitrogens is 1. The van der Waals surface area contributed by atoms with E-state index in [2.05, 4.69) is 40.6 Å². The predicted molar refractivity (Wildman–Crippen MR) is 75.3 cm³/mol. The predicted octanol–water partition coefficient (Wildman–Crippen LogP) is 2.35. The summed E-state index contributed by atoms with van der Waals surface area (Å²) < 4.78 is 5.06. The lowest BCUT2D eigenvalue weighted by Gasteiger charge is -2.11. The summed E-state index contributed by atoms with van der Waals surface area (Å²) in [5, 5.41) is 3.60.